The number of fused-ring (bicyclic) bond motifs is 2. The van der Waals surface area contributed by atoms with Gasteiger partial charge < -0.3 is 14.1 Å². The minimum absolute atomic E-state index is 0.301. The Hall–Kier alpha value is -4.19. The molecule has 2 heterocycles. The van der Waals surface area contributed by atoms with Crippen molar-refractivity contribution in [2.45, 2.75) is 19.3 Å². The number of anilines is 1. The van der Waals surface area contributed by atoms with Crippen molar-refractivity contribution < 1.29 is 18.7 Å². The van der Waals surface area contributed by atoms with Crippen molar-refractivity contribution in [3.8, 4) is 0 Å². The highest BCUT2D eigenvalue weighted by Gasteiger charge is 2.27. The Balaban J connectivity index is 1.48. The fraction of sp³-hybridized carbons (Fsp3) is 0.179. The van der Waals surface area contributed by atoms with Crippen LogP contribution in [0.25, 0.3) is 22.6 Å². The molecule has 4 aromatic rings. The van der Waals surface area contributed by atoms with E-state index in [0.717, 1.165) is 46.5 Å². The Morgan fingerprint density at radius 1 is 1.03 bits per heavy atom. The molecule has 2 aromatic carbocycles. The molecule has 6 nitrogen and oxygen atoms in total. The molecule has 0 atom stereocenters. The monoisotopic (exact) mass is 452 g/mol. The first-order valence-electron chi connectivity index (χ1n) is 11.3. The number of aromatic nitrogens is 1. The van der Waals surface area contributed by atoms with E-state index < -0.39 is 5.97 Å². The minimum atomic E-state index is -0.510. The molecule has 34 heavy (non-hydrogen) atoms. The van der Waals surface area contributed by atoms with Crippen LogP contribution in [0.4, 0.5) is 5.69 Å². The summed E-state index contributed by atoms with van der Waals surface area (Å²) in [6.45, 7) is -0.343. The largest absolute Gasteiger partial charge is 0.465 e. The molecule has 0 saturated heterocycles. The molecule has 1 aliphatic carbocycles. The van der Waals surface area contributed by atoms with Crippen LogP contribution in [0.1, 0.15) is 40.2 Å². The van der Waals surface area contributed by atoms with E-state index in [-0.39, 0.29) is 12.5 Å². The van der Waals surface area contributed by atoms with Gasteiger partial charge in [-0.25, -0.2) is 9.78 Å². The highest BCUT2D eigenvalue weighted by molar-refractivity contribution is 6.07. The Morgan fingerprint density at radius 2 is 1.82 bits per heavy atom. The maximum absolute atomic E-state index is 13.4. The second kappa shape index (κ2) is 9.35. The van der Waals surface area contributed by atoms with Gasteiger partial charge in [0, 0.05) is 18.1 Å². The summed E-state index contributed by atoms with van der Waals surface area (Å²) in [4.78, 5) is 32.4. The molecule has 0 saturated carbocycles. The molecule has 0 radical (unpaired) electrons. The highest BCUT2D eigenvalue weighted by atomic mass is 16.5. The van der Waals surface area contributed by atoms with Crippen LogP contribution in [-0.2, 0) is 16.0 Å². The zero-order chi connectivity index (χ0) is 23.5. The second-order valence-corrected chi connectivity index (χ2v) is 8.23. The summed E-state index contributed by atoms with van der Waals surface area (Å²) in [5.41, 5.74) is 4.62. The van der Waals surface area contributed by atoms with Crippen molar-refractivity contribution in [2.75, 3.05) is 18.6 Å². The molecule has 0 N–H and O–H groups in total. The van der Waals surface area contributed by atoms with Gasteiger partial charge in [-0.2, -0.15) is 0 Å². The molecule has 0 unspecified atom stereocenters. The van der Waals surface area contributed by atoms with Gasteiger partial charge in [0.1, 0.15) is 5.76 Å². The molecule has 170 valence electrons. The maximum atomic E-state index is 13.4. The van der Waals surface area contributed by atoms with E-state index in [1.165, 1.54) is 4.90 Å². The zero-order valence-corrected chi connectivity index (χ0v) is 18.9. The molecule has 0 fully saturated rings. The van der Waals surface area contributed by atoms with Crippen LogP contribution < -0.4 is 4.90 Å². The van der Waals surface area contributed by atoms with Gasteiger partial charge in [0.2, 0.25) is 0 Å². The number of carbonyl (C=O) groups is 2. The summed E-state index contributed by atoms with van der Waals surface area (Å²) in [5, 5.41) is 0.731. The number of pyridine rings is 1. The van der Waals surface area contributed by atoms with Crippen molar-refractivity contribution >= 4 is 40.1 Å². The van der Waals surface area contributed by atoms with Gasteiger partial charge in [-0.3, -0.25) is 4.79 Å². The molecular formula is C28H24N2O4. The number of carbonyl (C=O) groups excluding carboxylic acids is 2. The van der Waals surface area contributed by atoms with Crippen LogP contribution in [0.2, 0.25) is 0 Å². The fourth-order valence-corrected chi connectivity index (χ4v) is 4.35. The van der Waals surface area contributed by atoms with E-state index in [2.05, 4.69) is 0 Å². The Bertz CT molecular complexity index is 1370. The highest BCUT2D eigenvalue weighted by Crippen LogP contribution is 2.36. The molecule has 1 aliphatic rings. The SMILES string of the molecule is CN(C(=O)COC(=O)c1c2c(nc3ccccc13)C(=Cc1ccco1)CCC2)c1ccccc1. The smallest absolute Gasteiger partial charge is 0.339 e. The average molecular weight is 453 g/mol. The maximum Gasteiger partial charge on any atom is 0.339 e. The van der Waals surface area contributed by atoms with E-state index in [9.17, 15) is 9.59 Å². The van der Waals surface area contributed by atoms with Crippen LogP contribution in [0.3, 0.4) is 0 Å². The fourth-order valence-electron chi connectivity index (χ4n) is 4.35. The predicted molar refractivity (Wildman–Crippen MR) is 131 cm³/mol. The number of ether oxygens (including phenoxy) is 1. The number of benzene rings is 2. The van der Waals surface area contributed by atoms with Crippen LogP contribution >= 0.6 is 0 Å². The number of amides is 1. The number of hydrogen-bond donors (Lipinski definition) is 0. The average Bonchev–Trinajstić information content (AvgIpc) is 3.39. The lowest BCUT2D eigenvalue weighted by atomic mass is 9.86. The Morgan fingerprint density at radius 3 is 2.62 bits per heavy atom. The number of allylic oxidation sites excluding steroid dienone is 1. The van der Waals surface area contributed by atoms with Gasteiger partial charge in [-0.15, -0.1) is 0 Å². The minimum Gasteiger partial charge on any atom is -0.465 e. The van der Waals surface area contributed by atoms with E-state index >= 15 is 0 Å². The Kier molecular flexibility index (Phi) is 5.95. The van der Waals surface area contributed by atoms with Crippen molar-refractivity contribution in [1.29, 1.82) is 0 Å². The standard InChI is InChI=1S/C28H24N2O4/c1-30(20-10-3-2-4-11-20)25(31)18-34-28(32)26-22-13-5-6-15-24(22)29-27-19(9-7-14-23(26)27)17-21-12-8-16-33-21/h2-6,8,10-13,15-17H,7,9,14,18H2,1H3. The number of hydrogen-bond acceptors (Lipinski definition) is 5. The summed E-state index contributed by atoms with van der Waals surface area (Å²) in [6.07, 6.45) is 6.05. The van der Waals surface area contributed by atoms with Crippen molar-refractivity contribution in [3.05, 3.63) is 95.6 Å². The van der Waals surface area contributed by atoms with Crippen molar-refractivity contribution in [2.24, 2.45) is 0 Å². The van der Waals surface area contributed by atoms with Gasteiger partial charge in [-0.1, -0.05) is 36.4 Å². The molecule has 6 heteroatoms. The van der Waals surface area contributed by atoms with Gasteiger partial charge in [-0.05, 0) is 66.8 Å². The third-order valence-electron chi connectivity index (χ3n) is 6.08. The lowest BCUT2D eigenvalue weighted by molar-refractivity contribution is -0.121. The summed E-state index contributed by atoms with van der Waals surface area (Å²) in [6, 6.07) is 20.5. The number of esters is 1. The van der Waals surface area contributed by atoms with Crippen LogP contribution in [0.15, 0.2) is 77.4 Å². The first-order chi connectivity index (χ1) is 16.6. The predicted octanol–water partition coefficient (Wildman–Crippen LogP) is 5.52. The number of para-hydroxylation sites is 2. The molecule has 0 aliphatic heterocycles. The Labute approximate surface area is 197 Å². The summed E-state index contributed by atoms with van der Waals surface area (Å²) in [7, 11) is 1.67. The molecule has 5 rings (SSSR count). The lowest BCUT2D eigenvalue weighted by Crippen LogP contribution is -2.31. The first-order valence-corrected chi connectivity index (χ1v) is 11.3. The summed E-state index contributed by atoms with van der Waals surface area (Å²) < 4.78 is 11.1. The van der Waals surface area contributed by atoms with Gasteiger partial charge >= 0.3 is 5.97 Å². The normalized spacial score (nSPS) is 14.1. The molecule has 2 aromatic heterocycles. The third kappa shape index (κ3) is 4.22. The number of rotatable bonds is 5. The van der Waals surface area contributed by atoms with E-state index in [1.54, 1.807) is 13.3 Å². The molecule has 0 bridgehead atoms. The molecular weight excluding hydrogens is 428 g/mol. The number of likely N-dealkylation sites (N-methyl/N-ethyl adjacent to an activating group) is 1. The number of nitrogens with zero attached hydrogens (tertiary/aromatic N) is 2. The van der Waals surface area contributed by atoms with Crippen LogP contribution in [0, 0.1) is 0 Å². The zero-order valence-electron chi connectivity index (χ0n) is 18.9. The summed E-state index contributed by atoms with van der Waals surface area (Å²) in [5.74, 6) is -0.0643. The van der Waals surface area contributed by atoms with Crippen molar-refractivity contribution in [1.82, 2.24) is 4.98 Å². The quantitative estimate of drug-likeness (QED) is 0.373. The van der Waals surface area contributed by atoms with Crippen LogP contribution in [-0.4, -0.2) is 30.5 Å². The first kappa shape index (κ1) is 21.6. The second-order valence-electron chi connectivity index (χ2n) is 8.23. The topological polar surface area (TPSA) is 72.6 Å². The van der Waals surface area contributed by atoms with Gasteiger partial charge in [0.05, 0.1) is 23.0 Å². The van der Waals surface area contributed by atoms with E-state index in [0.29, 0.717) is 17.5 Å². The molecule has 1 amide bonds. The number of furan rings is 1. The van der Waals surface area contributed by atoms with Gasteiger partial charge in [0.15, 0.2) is 6.61 Å². The van der Waals surface area contributed by atoms with Crippen LogP contribution in [0.5, 0.6) is 0 Å². The van der Waals surface area contributed by atoms with E-state index in [4.69, 9.17) is 14.1 Å². The van der Waals surface area contributed by atoms with E-state index in [1.807, 2.05) is 72.8 Å². The van der Waals surface area contributed by atoms with Crippen molar-refractivity contribution in [3.63, 3.8) is 0 Å². The third-order valence-corrected chi connectivity index (χ3v) is 6.08. The lowest BCUT2D eigenvalue weighted by Gasteiger charge is -2.22. The molecule has 0 spiro atoms. The van der Waals surface area contributed by atoms with Gasteiger partial charge in [0.25, 0.3) is 5.91 Å². The summed E-state index contributed by atoms with van der Waals surface area (Å²) >= 11 is 0.